The van der Waals surface area contributed by atoms with E-state index in [2.05, 4.69) is 5.32 Å². The van der Waals surface area contributed by atoms with Gasteiger partial charge in [-0.3, -0.25) is 4.79 Å². The predicted molar refractivity (Wildman–Crippen MR) is 68.7 cm³/mol. The Morgan fingerprint density at radius 3 is 2.53 bits per heavy atom. The van der Waals surface area contributed by atoms with Gasteiger partial charge in [-0.1, -0.05) is 29.8 Å². The lowest BCUT2D eigenvalue weighted by Crippen LogP contribution is -2.26. The van der Waals surface area contributed by atoms with Gasteiger partial charge in [-0.15, -0.1) is 0 Å². The monoisotopic (exact) mass is 235 g/mol. The summed E-state index contributed by atoms with van der Waals surface area (Å²) < 4.78 is 0. The summed E-state index contributed by atoms with van der Waals surface area (Å²) in [4.78, 5) is 11.6. The van der Waals surface area contributed by atoms with Crippen molar-refractivity contribution < 1.29 is 9.90 Å². The van der Waals surface area contributed by atoms with Crippen molar-refractivity contribution >= 4 is 5.91 Å². The van der Waals surface area contributed by atoms with Crippen LogP contribution >= 0.6 is 0 Å². The number of amides is 1. The van der Waals surface area contributed by atoms with Crippen LogP contribution in [-0.4, -0.2) is 17.6 Å². The van der Waals surface area contributed by atoms with Crippen LogP contribution in [0.15, 0.2) is 24.3 Å². The van der Waals surface area contributed by atoms with Crippen LogP contribution in [0, 0.1) is 6.92 Å². The van der Waals surface area contributed by atoms with Gasteiger partial charge in [-0.05, 0) is 32.3 Å². The van der Waals surface area contributed by atoms with E-state index >= 15 is 0 Å². The fourth-order valence-electron chi connectivity index (χ4n) is 1.65. The van der Waals surface area contributed by atoms with E-state index < -0.39 is 0 Å². The molecule has 1 aromatic rings. The van der Waals surface area contributed by atoms with Crippen LogP contribution in [0.5, 0.6) is 0 Å². The molecule has 0 aliphatic heterocycles. The third kappa shape index (κ3) is 5.00. The number of benzene rings is 1. The van der Waals surface area contributed by atoms with Gasteiger partial charge in [0.05, 0.1) is 6.04 Å². The molecule has 1 atom stereocenters. The molecule has 0 aliphatic carbocycles. The van der Waals surface area contributed by atoms with E-state index in [1.807, 2.05) is 38.1 Å². The second-order valence-electron chi connectivity index (χ2n) is 4.38. The van der Waals surface area contributed by atoms with E-state index in [9.17, 15) is 4.79 Å². The van der Waals surface area contributed by atoms with Crippen molar-refractivity contribution in [3.8, 4) is 0 Å². The molecule has 3 nitrogen and oxygen atoms in total. The molecule has 2 N–H and O–H groups in total. The molecular weight excluding hydrogens is 214 g/mol. The number of unbranched alkanes of at least 4 members (excludes halogenated alkanes) is 1. The minimum atomic E-state index is 0.0391. The zero-order chi connectivity index (χ0) is 12.7. The Morgan fingerprint density at radius 1 is 1.29 bits per heavy atom. The van der Waals surface area contributed by atoms with Gasteiger partial charge in [-0.2, -0.15) is 0 Å². The molecule has 0 bridgehead atoms. The van der Waals surface area contributed by atoms with E-state index in [-0.39, 0.29) is 18.6 Å². The first-order valence-electron chi connectivity index (χ1n) is 6.10. The second-order valence-corrected chi connectivity index (χ2v) is 4.38. The van der Waals surface area contributed by atoms with Crippen molar-refractivity contribution in [1.29, 1.82) is 0 Å². The van der Waals surface area contributed by atoms with Gasteiger partial charge >= 0.3 is 0 Å². The molecule has 0 saturated heterocycles. The van der Waals surface area contributed by atoms with E-state index in [1.54, 1.807) is 0 Å². The average molecular weight is 235 g/mol. The highest BCUT2D eigenvalue weighted by molar-refractivity contribution is 5.76. The maximum atomic E-state index is 11.6. The molecule has 0 radical (unpaired) electrons. The van der Waals surface area contributed by atoms with Crippen molar-refractivity contribution in [3.63, 3.8) is 0 Å². The lowest BCUT2D eigenvalue weighted by Gasteiger charge is -2.14. The van der Waals surface area contributed by atoms with Gasteiger partial charge in [0, 0.05) is 13.0 Å². The number of nitrogens with one attached hydrogen (secondary N) is 1. The number of hydrogen-bond acceptors (Lipinski definition) is 2. The standard InChI is InChI=1S/C14H21NO2/c1-11-6-8-13(9-7-11)12(2)15-14(17)5-3-4-10-16/h6-9,12,16H,3-5,10H2,1-2H3,(H,15,17)/t12-/m0/s1. The fourth-order valence-corrected chi connectivity index (χ4v) is 1.65. The number of aliphatic hydroxyl groups is 1. The summed E-state index contributed by atoms with van der Waals surface area (Å²) >= 11 is 0. The lowest BCUT2D eigenvalue weighted by atomic mass is 10.1. The molecule has 1 amide bonds. The average Bonchev–Trinajstić information content (AvgIpc) is 2.30. The Labute approximate surface area is 103 Å². The summed E-state index contributed by atoms with van der Waals surface area (Å²) in [6.07, 6.45) is 1.91. The van der Waals surface area contributed by atoms with E-state index in [0.29, 0.717) is 12.8 Å². The van der Waals surface area contributed by atoms with Crippen LogP contribution in [0.4, 0.5) is 0 Å². The summed E-state index contributed by atoms with van der Waals surface area (Å²) in [6, 6.07) is 8.20. The Balaban J connectivity index is 2.40. The Kier molecular flexibility index (Phi) is 5.70. The summed E-state index contributed by atoms with van der Waals surface area (Å²) in [6.45, 7) is 4.18. The molecule has 1 rings (SSSR count). The third-order valence-electron chi connectivity index (χ3n) is 2.77. The van der Waals surface area contributed by atoms with E-state index in [4.69, 9.17) is 5.11 Å². The number of aliphatic hydroxyl groups excluding tert-OH is 1. The zero-order valence-electron chi connectivity index (χ0n) is 10.6. The Hall–Kier alpha value is -1.35. The van der Waals surface area contributed by atoms with Crippen molar-refractivity contribution in [1.82, 2.24) is 5.32 Å². The van der Waals surface area contributed by atoms with Crippen LogP contribution in [0.1, 0.15) is 43.4 Å². The summed E-state index contributed by atoms with van der Waals surface area (Å²) in [5, 5.41) is 11.6. The van der Waals surface area contributed by atoms with Crippen LogP contribution in [0.3, 0.4) is 0 Å². The van der Waals surface area contributed by atoms with Gasteiger partial charge in [0.15, 0.2) is 0 Å². The summed E-state index contributed by atoms with van der Waals surface area (Å²) in [7, 11) is 0. The molecule has 3 heteroatoms. The van der Waals surface area contributed by atoms with Gasteiger partial charge in [0.1, 0.15) is 0 Å². The molecular formula is C14H21NO2. The molecule has 0 unspecified atom stereocenters. The van der Waals surface area contributed by atoms with Crippen LogP contribution < -0.4 is 5.32 Å². The Bertz CT molecular complexity index is 346. The molecule has 1 aromatic carbocycles. The highest BCUT2D eigenvalue weighted by Gasteiger charge is 2.08. The van der Waals surface area contributed by atoms with Crippen LogP contribution in [0.2, 0.25) is 0 Å². The molecule has 0 heterocycles. The molecule has 0 aliphatic rings. The number of aryl methyl sites for hydroxylation is 1. The van der Waals surface area contributed by atoms with Crippen LogP contribution in [-0.2, 0) is 4.79 Å². The number of carbonyl (C=O) groups excluding carboxylic acids is 1. The smallest absolute Gasteiger partial charge is 0.220 e. The van der Waals surface area contributed by atoms with E-state index in [1.165, 1.54) is 5.56 Å². The highest BCUT2D eigenvalue weighted by atomic mass is 16.2. The maximum absolute atomic E-state index is 11.6. The van der Waals surface area contributed by atoms with E-state index in [0.717, 1.165) is 12.0 Å². The Morgan fingerprint density at radius 2 is 1.94 bits per heavy atom. The molecule has 0 aromatic heterocycles. The van der Waals surface area contributed by atoms with Gasteiger partial charge in [0.25, 0.3) is 0 Å². The van der Waals surface area contributed by atoms with Crippen LogP contribution in [0.25, 0.3) is 0 Å². The third-order valence-corrected chi connectivity index (χ3v) is 2.77. The number of carbonyl (C=O) groups is 1. The number of rotatable bonds is 6. The first-order chi connectivity index (χ1) is 8.13. The lowest BCUT2D eigenvalue weighted by molar-refractivity contribution is -0.121. The normalized spacial score (nSPS) is 12.2. The molecule has 0 fully saturated rings. The maximum Gasteiger partial charge on any atom is 0.220 e. The minimum Gasteiger partial charge on any atom is -0.396 e. The van der Waals surface area contributed by atoms with Gasteiger partial charge < -0.3 is 10.4 Å². The van der Waals surface area contributed by atoms with Gasteiger partial charge in [0.2, 0.25) is 5.91 Å². The zero-order valence-corrected chi connectivity index (χ0v) is 10.6. The number of hydrogen-bond donors (Lipinski definition) is 2. The van der Waals surface area contributed by atoms with Crippen molar-refractivity contribution in [2.45, 2.75) is 39.2 Å². The molecule has 94 valence electrons. The first kappa shape index (κ1) is 13.7. The van der Waals surface area contributed by atoms with Crippen molar-refractivity contribution in [2.75, 3.05) is 6.61 Å². The minimum absolute atomic E-state index is 0.0391. The highest BCUT2D eigenvalue weighted by Crippen LogP contribution is 2.13. The first-order valence-corrected chi connectivity index (χ1v) is 6.10. The largest absolute Gasteiger partial charge is 0.396 e. The molecule has 0 spiro atoms. The summed E-state index contributed by atoms with van der Waals surface area (Å²) in [5.41, 5.74) is 2.33. The topological polar surface area (TPSA) is 49.3 Å². The molecule has 0 saturated carbocycles. The van der Waals surface area contributed by atoms with Gasteiger partial charge in [-0.25, -0.2) is 0 Å². The quantitative estimate of drug-likeness (QED) is 0.743. The SMILES string of the molecule is Cc1ccc([C@H](C)NC(=O)CCCCO)cc1. The van der Waals surface area contributed by atoms with Crippen molar-refractivity contribution in [3.05, 3.63) is 35.4 Å². The fraction of sp³-hybridized carbons (Fsp3) is 0.500. The second kappa shape index (κ2) is 7.07. The van der Waals surface area contributed by atoms with Crippen molar-refractivity contribution in [2.24, 2.45) is 0 Å². The summed E-state index contributed by atoms with van der Waals surface area (Å²) in [5.74, 6) is 0.0477. The molecule has 17 heavy (non-hydrogen) atoms. The predicted octanol–water partition coefficient (Wildman–Crippen LogP) is 2.33.